The summed E-state index contributed by atoms with van der Waals surface area (Å²) in [6.07, 6.45) is 0.376. The quantitative estimate of drug-likeness (QED) is 0.515. The molecule has 0 saturated carbocycles. The predicted molar refractivity (Wildman–Crippen MR) is 95.6 cm³/mol. The molecule has 1 aromatic carbocycles. The van der Waals surface area contributed by atoms with Gasteiger partial charge in [0.2, 0.25) is 11.8 Å². The van der Waals surface area contributed by atoms with Crippen LogP contribution in [0, 0.1) is 0 Å². The number of nitrogens with one attached hydrogen (secondary N) is 3. The average Bonchev–Trinajstić information content (AvgIpc) is 2.53. The molecule has 24 heavy (non-hydrogen) atoms. The minimum absolute atomic E-state index is 0.000815. The Morgan fingerprint density at radius 3 is 2.33 bits per heavy atom. The number of ether oxygens (including phenoxy) is 1. The molecular weight excluding hydrogens is 330 g/mol. The fourth-order valence-corrected chi connectivity index (χ4v) is 1.96. The molecule has 7 nitrogen and oxygen atoms in total. The second-order valence-corrected chi connectivity index (χ2v) is 5.20. The molecule has 0 spiro atoms. The third-order valence-corrected chi connectivity index (χ3v) is 3.04. The van der Waals surface area contributed by atoms with E-state index in [1.54, 1.807) is 38.1 Å². The van der Waals surface area contributed by atoms with Gasteiger partial charge in [0.15, 0.2) is 5.11 Å². The summed E-state index contributed by atoms with van der Waals surface area (Å²) in [6, 6.07) is 6.95. The Morgan fingerprint density at radius 2 is 1.71 bits per heavy atom. The van der Waals surface area contributed by atoms with E-state index in [1.807, 2.05) is 0 Å². The van der Waals surface area contributed by atoms with Crippen molar-refractivity contribution in [1.82, 2.24) is 5.32 Å². The Balaban J connectivity index is 2.47. The highest BCUT2D eigenvalue weighted by Gasteiger charge is 2.09. The molecular formula is C16H21N3O4S. The van der Waals surface area contributed by atoms with Crippen LogP contribution in [0.3, 0.4) is 0 Å². The molecule has 0 heterocycles. The van der Waals surface area contributed by atoms with Crippen molar-refractivity contribution in [2.24, 2.45) is 0 Å². The first-order chi connectivity index (χ1) is 11.4. The minimum atomic E-state index is -0.425. The van der Waals surface area contributed by atoms with Crippen molar-refractivity contribution in [1.29, 1.82) is 0 Å². The van der Waals surface area contributed by atoms with E-state index >= 15 is 0 Å². The first-order valence-corrected chi connectivity index (χ1v) is 8.01. The van der Waals surface area contributed by atoms with Gasteiger partial charge in [-0.1, -0.05) is 13.0 Å². The summed E-state index contributed by atoms with van der Waals surface area (Å²) in [4.78, 5) is 34.3. The number of hydrogen-bond acceptors (Lipinski definition) is 5. The van der Waals surface area contributed by atoms with Gasteiger partial charge in [0.05, 0.1) is 13.0 Å². The molecule has 1 aromatic rings. The molecule has 0 atom stereocenters. The zero-order valence-electron chi connectivity index (χ0n) is 13.7. The number of carbonyl (C=O) groups is 3. The largest absolute Gasteiger partial charge is 0.466 e. The lowest BCUT2D eigenvalue weighted by Crippen LogP contribution is -2.34. The van der Waals surface area contributed by atoms with Crippen LogP contribution in [0.1, 0.15) is 33.1 Å². The van der Waals surface area contributed by atoms with Gasteiger partial charge in [-0.15, -0.1) is 0 Å². The summed E-state index contributed by atoms with van der Waals surface area (Å²) in [6.45, 7) is 3.75. The van der Waals surface area contributed by atoms with Crippen LogP contribution in [0.15, 0.2) is 24.3 Å². The van der Waals surface area contributed by atoms with E-state index in [9.17, 15) is 14.4 Å². The maximum atomic E-state index is 11.7. The van der Waals surface area contributed by atoms with Gasteiger partial charge in [0.25, 0.3) is 0 Å². The van der Waals surface area contributed by atoms with Gasteiger partial charge < -0.3 is 20.7 Å². The summed E-state index contributed by atoms with van der Waals surface area (Å²) >= 11 is 5.05. The molecule has 0 unspecified atom stereocenters. The summed E-state index contributed by atoms with van der Waals surface area (Å²) in [5, 5.41) is 8.18. The van der Waals surface area contributed by atoms with Gasteiger partial charge >= 0.3 is 5.97 Å². The van der Waals surface area contributed by atoms with Gasteiger partial charge in [0, 0.05) is 24.2 Å². The van der Waals surface area contributed by atoms with Crippen molar-refractivity contribution in [3.8, 4) is 0 Å². The smallest absolute Gasteiger partial charge is 0.306 e. The van der Waals surface area contributed by atoms with E-state index in [4.69, 9.17) is 17.0 Å². The fraction of sp³-hybridized carbons (Fsp3) is 0.375. The number of amides is 2. The van der Waals surface area contributed by atoms with Crippen molar-refractivity contribution in [3.63, 3.8) is 0 Å². The third kappa shape index (κ3) is 7.68. The maximum absolute atomic E-state index is 11.7. The average molecular weight is 351 g/mol. The van der Waals surface area contributed by atoms with Crippen LogP contribution >= 0.6 is 12.2 Å². The van der Waals surface area contributed by atoms with E-state index in [2.05, 4.69) is 16.0 Å². The van der Waals surface area contributed by atoms with Crippen LogP contribution in [0.25, 0.3) is 0 Å². The van der Waals surface area contributed by atoms with E-state index < -0.39 is 5.97 Å². The molecule has 8 heteroatoms. The zero-order valence-corrected chi connectivity index (χ0v) is 14.5. The lowest BCUT2D eigenvalue weighted by molar-refractivity contribution is -0.144. The van der Waals surface area contributed by atoms with Crippen molar-refractivity contribution in [2.75, 3.05) is 17.2 Å². The van der Waals surface area contributed by atoms with Crippen molar-refractivity contribution >= 4 is 46.5 Å². The zero-order chi connectivity index (χ0) is 17.9. The maximum Gasteiger partial charge on any atom is 0.306 e. The van der Waals surface area contributed by atoms with Gasteiger partial charge in [-0.3, -0.25) is 14.4 Å². The normalized spacial score (nSPS) is 9.75. The highest BCUT2D eigenvalue weighted by molar-refractivity contribution is 7.80. The Kier molecular flexibility index (Phi) is 8.42. The molecule has 2 amide bonds. The topological polar surface area (TPSA) is 96.5 Å². The number of rotatable bonds is 7. The molecule has 0 aromatic heterocycles. The highest BCUT2D eigenvalue weighted by atomic mass is 32.1. The van der Waals surface area contributed by atoms with Crippen LogP contribution in [0.4, 0.5) is 11.4 Å². The number of anilines is 2. The minimum Gasteiger partial charge on any atom is -0.466 e. The predicted octanol–water partition coefficient (Wildman–Crippen LogP) is 2.19. The molecule has 1 rings (SSSR count). The molecule has 3 N–H and O–H groups in total. The summed E-state index contributed by atoms with van der Waals surface area (Å²) in [5.41, 5.74) is 1.25. The molecule has 0 radical (unpaired) electrons. The van der Waals surface area contributed by atoms with Gasteiger partial charge in [-0.2, -0.15) is 0 Å². The van der Waals surface area contributed by atoms with Crippen LogP contribution in [0.2, 0.25) is 0 Å². The highest BCUT2D eigenvalue weighted by Crippen LogP contribution is 2.15. The lowest BCUT2D eigenvalue weighted by atomic mass is 10.2. The number of esters is 1. The molecule has 0 aliphatic carbocycles. The van der Waals surface area contributed by atoms with Gasteiger partial charge in [0.1, 0.15) is 0 Å². The Hall–Kier alpha value is -2.48. The lowest BCUT2D eigenvalue weighted by Gasteiger charge is -2.11. The van der Waals surface area contributed by atoms with Crippen LogP contribution in [-0.4, -0.2) is 29.5 Å². The first kappa shape index (κ1) is 19.6. The molecule has 0 fully saturated rings. The van der Waals surface area contributed by atoms with Crippen LogP contribution in [0.5, 0.6) is 0 Å². The number of benzene rings is 1. The third-order valence-electron chi connectivity index (χ3n) is 2.84. The molecule has 0 aliphatic heterocycles. The van der Waals surface area contributed by atoms with E-state index in [0.717, 1.165) is 0 Å². The second kappa shape index (κ2) is 10.3. The first-order valence-electron chi connectivity index (χ1n) is 7.61. The standard InChI is InChI=1S/C16H21N3O4S/c1-3-13(20)17-11-6-5-7-12(10-11)18-16(24)19-14(21)8-9-15(22)23-4-2/h5-7,10H,3-4,8-9H2,1-2H3,(H,17,20)(H2,18,19,21,24). The van der Waals surface area contributed by atoms with Crippen LogP contribution in [-0.2, 0) is 19.1 Å². The van der Waals surface area contributed by atoms with E-state index in [0.29, 0.717) is 17.8 Å². The monoisotopic (exact) mass is 351 g/mol. The Bertz CT molecular complexity index is 619. The Morgan fingerprint density at radius 1 is 1.04 bits per heavy atom. The van der Waals surface area contributed by atoms with Gasteiger partial charge in [-0.05, 0) is 37.3 Å². The fourth-order valence-electron chi connectivity index (χ4n) is 1.72. The van der Waals surface area contributed by atoms with E-state index in [1.165, 1.54) is 0 Å². The van der Waals surface area contributed by atoms with Crippen LogP contribution < -0.4 is 16.0 Å². The van der Waals surface area contributed by atoms with E-state index in [-0.39, 0.29) is 36.4 Å². The second-order valence-electron chi connectivity index (χ2n) is 4.79. The number of hydrogen-bond donors (Lipinski definition) is 3. The molecule has 0 saturated heterocycles. The van der Waals surface area contributed by atoms with Crippen molar-refractivity contribution < 1.29 is 19.1 Å². The SMILES string of the molecule is CCOC(=O)CCC(=O)NC(=S)Nc1cccc(NC(=O)CC)c1. The van der Waals surface area contributed by atoms with Crippen molar-refractivity contribution in [3.05, 3.63) is 24.3 Å². The number of carbonyl (C=O) groups excluding carboxylic acids is 3. The molecule has 0 aliphatic rings. The molecule has 0 bridgehead atoms. The number of thiocarbonyl (C=S) groups is 1. The van der Waals surface area contributed by atoms with Gasteiger partial charge in [-0.25, -0.2) is 0 Å². The summed E-state index contributed by atoms with van der Waals surface area (Å²) in [5.74, 6) is -0.899. The Labute approximate surface area is 146 Å². The summed E-state index contributed by atoms with van der Waals surface area (Å²) in [7, 11) is 0. The summed E-state index contributed by atoms with van der Waals surface area (Å²) < 4.78 is 4.75. The molecule has 130 valence electrons. The van der Waals surface area contributed by atoms with Crippen molar-refractivity contribution in [2.45, 2.75) is 33.1 Å².